The highest BCUT2D eigenvalue weighted by molar-refractivity contribution is 5.45. The fourth-order valence-electron chi connectivity index (χ4n) is 2.51. The highest BCUT2D eigenvalue weighted by atomic mass is 16.5. The first-order chi connectivity index (χ1) is 11.7. The van der Waals surface area contributed by atoms with E-state index in [4.69, 9.17) is 4.74 Å². The van der Waals surface area contributed by atoms with Crippen molar-refractivity contribution in [3.05, 3.63) is 95.1 Å². The van der Waals surface area contributed by atoms with Gasteiger partial charge in [-0.3, -0.25) is 0 Å². The lowest BCUT2D eigenvalue weighted by Crippen LogP contribution is -2.00. The van der Waals surface area contributed by atoms with E-state index in [1.165, 1.54) is 22.3 Å². The third-order valence-electron chi connectivity index (χ3n) is 4.13. The molecule has 0 aliphatic carbocycles. The molecule has 0 unspecified atom stereocenters. The number of anilines is 1. The van der Waals surface area contributed by atoms with Crippen molar-refractivity contribution in [2.75, 3.05) is 5.32 Å². The number of benzene rings is 3. The summed E-state index contributed by atoms with van der Waals surface area (Å²) in [6.07, 6.45) is 0. The van der Waals surface area contributed by atoms with Gasteiger partial charge in [0, 0.05) is 12.2 Å². The van der Waals surface area contributed by atoms with E-state index in [1.807, 2.05) is 18.2 Å². The van der Waals surface area contributed by atoms with Crippen molar-refractivity contribution >= 4 is 5.69 Å². The highest BCUT2D eigenvalue weighted by Crippen LogP contribution is 2.17. The minimum absolute atomic E-state index is 0.605. The maximum Gasteiger partial charge on any atom is 0.119 e. The first-order valence-corrected chi connectivity index (χ1v) is 8.27. The van der Waals surface area contributed by atoms with Crippen LogP contribution >= 0.6 is 0 Å². The monoisotopic (exact) mass is 317 g/mol. The van der Waals surface area contributed by atoms with Crippen LogP contribution in [0.1, 0.15) is 22.3 Å². The Bertz CT molecular complexity index is 776. The molecule has 0 aromatic heterocycles. The van der Waals surface area contributed by atoms with Crippen molar-refractivity contribution in [3.8, 4) is 5.75 Å². The van der Waals surface area contributed by atoms with Gasteiger partial charge in [-0.15, -0.1) is 0 Å². The number of hydrogen-bond donors (Lipinski definition) is 1. The zero-order valence-corrected chi connectivity index (χ0v) is 14.3. The highest BCUT2D eigenvalue weighted by Gasteiger charge is 2.00. The summed E-state index contributed by atoms with van der Waals surface area (Å²) >= 11 is 0. The van der Waals surface area contributed by atoms with Gasteiger partial charge in [0.25, 0.3) is 0 Å². The van der Waals surface area contributed by atoms with Crippen LogP contribution in [0, 0.1) is 13.8 Å². The molecule has 0 radical (unpaired) electrons. The van der Waals surface area contributed by atoms with Gasteiger partial charge < -0.3 is 10.1 Å². The summed E-state index contributed by atoms with van der Waals surface area (Å²) in [6, 6.07) is 25.0. The summed E-state index contributed by atoms with van der Waals surface area (Å²) in [7, 11) is 0. The molecule has 1 N–H and O–H groups in total. The largest absolute Gasteiger partial charge is 0.489 e. The van der Waals surface area contributed by atoms with Crippen LogP contribution in [0.4, 0.5) is 5.69 Å². The summed E-state index contributed by atoms with van der Waals surface area (Å²) in [5.74, 6) is 0.900. The van der Waals surface area contributed by atoms with E-state index in [2.05, 4.69) is 73.8 Å². The maximum absolute atomic E-state index is 5.88. The lowest BCUT2D eigenvalue weighted by atomic mass is 10.1. The molecule has 122 valence electrons. The average Bonchev–Trinajstić information content (AvgIpc) is 2.61. The van der Waals surface area contributed by atoms with Crippen molar-refractivity contribution in [3.63, 3.8) is 0 Å². The van der Waals surface area contributed by atoms with Crippen molar-refractivity contribution in [2.24, 2.45) is 0 Å². The molecule has 2 heteroatoms. The average molecular weight is 317 g/mol. The Hall–Kier alpha value is -2.74. The summed E-state index contributed by atoms with van der Waals surface area (Å²) in [4.78, 5) is 0. The van der Waals surface area contributed by atoms with Crippen LogP contribution in [0.3, 0.4) is 0 Å². The molecule has 3 aromatic carbocycles. The van der Waals surface area contributed by atoms with Gasteiger partial charge >= 0.3 is 0 Å². The molecule has 24 heavy (non-hydrogen) atoms. The van der Waals surface area contributed by atoms with E-state index in [1.54, 1.807) is 0 Å². The molecular formula is C22H23NO. The predicted molar refractivity (Wildman–Crippen MR) is 100 cm³/mol. The first kappa shape index (κ1) is 16.1. The van der Waals surface area contributed by atoms with E-state index < -0.39 is 0 Å². The normalized spacial score (nSPS) is 10.4. The summed E-state index contributed by atoms with van der Waals surface area (Å²) < 4.78 is 5.88. The molecule has 0 aliphatic heterocycles. The molecule has 0 amide bonds. The van der Waals surface area contributed by atoms with E-state index >= 15 is 0 Å². The predicted octanol–water partition coefficient (Wildman–Crippen LogP) is 5.49. The first-order valence-electron chi connectivity index (χ1n) is 8.27. The van der Waals surface area contributed by atoms with Crippen LogP contribution in [-0.2, 0) is 13.2 Å². The quantitative estimate of drug-likeness (QED) is 0.648. The van der Waals surface area contributed by atoms with Crippen LogP contribution < -0.4 is 10.1 Å². The molecular weight excluding hydrogens is 294 g/mol. The second-order valence-electron chi connectivity index (χ2n) is 6.08. The standard InChI is InChI=1S/C22H23NO/c1-17-7-11-21(12-8-17)23-15-19-9-13-22(14-10-19)24-16-20-6-4-3-5-18(20)2/h3-14,23H,15-16H2,1-2H3. The smallest absolute Gasteiger partial charge is 0.119 e. The molecule has 0 heterocycles. The summed E-state index contributed by atoms with van der Waals surface area (Å²) in [5.41, 5.74) is 6.13. The van der Waals surface area contributed by atoms with Crippen LogP contribution in [0.5, 0.6) is 5.75 Å². The molecule has 0 fully saturated rings. The van der Waals surface area contributed by atoms with E-state index in [0.29, 0.717) is 6.61 Å². The van der Waals surface area contributed by atoms with Crippen molar-refractivity contribution in [2.45, 2.75) is 27.0 Å². The van der Waals surface area contributed by atoms with Gasteiger partial charge in [0.05, 0.1) is 0 Å². The Morgan fingerprint density at radius 3 is 2.21 bits per heavy atom. The van der Waals surface area contributed by atoms with Crippen molar-refractivity contribution < 1.29 is 4.74 Å². The Balaban J connectivity index is 1.53. The van der Waals surface area contributed by atoms with Crippen LogP contribution in [-0.4, -0.2) is 0 Å². The number of aryl methyl sites for hydroxylation is 2. The summed E-state index contributed by atoms with van der Waals surface area (Å²) in [6.45, 7) is 5.62. The van der Waals surface area contributed by atoms with Gasteiger partial charge in [-0.1, -0.05) is 54.1 Å². The van der Waals surface area contributed by atoms with Gasteiger partial charge in [-0.25, -0.2) is 0 Å². The molecule has 0 saturated carbocycles. The Kier molecular flexibility index (Phi) is 5.17. The fourth-order valence-corrected chi connectivity index (χ4v) is 2.51. The van der Waals surface area contributed by atoms with Crippen molar-refractivity contribution in [1.82, 2.24) is 0 Å². The van der Waals surface area contributed by atoms with Crippen LogP contribution in [0.25, 0.3) is 0 Å². The topological polar surface area (TPSA) is 21.3 Å². The molecule has 0 atom stereocenters. The van der Waals surface area contributed by atoms with Crippen LogP contribution in [0.2, 0.25) is 0 Å². The van der Waals surface area contributed by atoms with Gasteiger partial charge in [0.2, 0.25) is 0 Å². The molecule has 0 aliphatic rings. The molecule has 0 saturated heterocycles. The van der Waals surface area contributed by atoms with E-state index in [9.17, 15) is 0 Å². The van der Waals surface area contributed by atoms with E-state index in [0.717, 1.165) is 18.0 Å². The summed E-state index contributed by atoms with van der Waals surface area (Å²) in [5, 5.41) is 3.43. The van der Waals surface area contributed by atoms with Gasteiger partial charge in [-0.05, 0) is 54.8 Å². The molecule has 3 rings (SSSR count). The van der Waals surface area contributed by atoms with E-state index in [-0.39, 0.29) is 0 Å². The van der Waals surface area contributed by atoms with Gasteiger partial charge in [-0.2, -0.15) is 0 Å². The molecule has 0 bridgehead atoms. The molecule has 2 nitrogen and oxygen atoms in total. The minimum Gasteiger partial charge on any atom is -0.489 e. The lowest BCUT2D eigenvalue weighted by Gasteiger charge is -2.10. The maximum atomic E-state index is 5.88. The number of nitrogens with one attached hydrogen (secondary N) is 1. The fraction of sp³-hybridized carbons (Fsp3) is 0.182. The van der Waals surface area contributed by atoms with Crippen molar-refractivity contribution in [1.29, 1.82) is 0 Å². The van der Waals surface area contributed by atoms with Gasteiger partial charge in [0.1, 0.15) is 12.4 Å². The zero-order chi connectivity index (χ0) is 16.8. The minimum atomic E-state index is 0.605. The van der Waals surface area contributed by atoms with Gasteiger partial charge in [0.15, 0.2) is 0 Å². The Labute approximate surface area is 144 Å². The SMILES string of the molecule is Cc1ccc(NCc2ccc(OCc3ccccc3C)cc2)cc1. The third-order valence-corrected chi connectivity index (χ3v) is 4.13. The Morgan fingerprint density at radius 1 is 0.792 bits per heavy atom. The zero-order valence-electron chi connectivity index (χ0n) is 14.3. The second-order valence-corrected chi connectivity index (χ2v) is 6.08. The van der Waals surface area contributed by atoms with Crippen LogP contribution in [0.15, 0.2) is 72.8 Å². The molecule has 0 spiro atoms. The number of rotatable bonds is 6. The second kappa shape index (κ2) is 7.69. The lowest BCUT2D eigenvalue weighted by molar-refractivity contribution is 0.305. The number of ether oxygens (including phenoxy) is 1. The number of hydrogen-bond acceptors (Lipinski definition) is 2. The Morgan fingerprint density at radius 2 is 1.50 bits per heavy atom. The third kappa shape index (κ3) is 4.39. The molecule has 3 aromatic rings.